The molecule has 2 N–H and O–H groups in total. The highest BCUT2D eigenvalue weighted by Crippen LogP contribution is 2.00. The molecule has 1 rings (SSSR count). The number of aryl methyl sites for hydroxylation is 1. The van der Waals surface area contributed by atoms with Crippen LogP contribution < -0.4 is 5.56 Å². The van der Waals surface area contributed by atoms with Crippen LogP contribution in [-0.2, 0) is 0 Å². The van der Waals surface area contributed by atoms with Gasteiger partial charge in [-0.2, -0.15) is 0 Å². The van der Waals surface area contributed by atoms with Crippen LogP contribution in [0.25, 0.3) is 0 Å². The first-order valence-corrected chi connectivity index (χ1v) is 3.78. The summed E-state index contributed by atoms with van der Waals surface area (Å²) in [6.07, 6.45) is 0. The highest BCUT2D eigenvalue weighted by atomic mass is 16.4. The van der Waals surface area contributed by atoms with E-state index in [0.717, 1.165) is 0 Å². The molecule has 1 aromatic rings. The summed E-state index contributed by atoms with van der Waals surface area (Å²) in [6.45, 7) is 2.73. The Labute approximate surface area is 78.6 Å². The quantitative estimate of drug-likeness (QED) is 0.647. The summed E-state index contributed by atoms with van der Waals surface area (Å²) in [6, 6.07) is 0. The van der Waals surface area contributed by atoms with Crippen LogP contribution in [0.1, 0.15) is 33.6 Å². The van der Waals surface area contributed by atoms with E-state index in [1.807, 2.05) is 0 Å². The van der Waals surface area contributed by atoms with E-state index in [-0.39, 0.29) is 17.2 Å². The van der Waals surface area contributed by atoms with Gasteiger partial charge in [0.15, 0.2) is 5.78 Å². The molecule has 1 heterocycles. The number of hydrogen-bond donors (Lipinski definition) is 2. The number of nitrogens with one attached hydrogen (secondary N) is 1. The highest BCUT2D eigenvalue weighted by molar-refractivity contribution is 5.94. The average molecular weight is 196 g/mol. The minimum absolute atomic E-state index is 0.0259. The molecule has 0 aliphatic rings. The van der Waals surface area contributed by atoms with E-state index < -0.39 is 17.2 Å². The third kappa shape index (κ3) is 1.68. The topological polar surface area (TPSA) is 100 Å². The Morgan fingerprint density at radius 2 is 1.93 bits per heavy atom. The van der Waals surface area contributed by atoms with Gasteiger partial charge in [0.2, 0.25) is 5.69 Å². The first kappa shape index (κ1) is 10.1. The summed E-state index contributed by atoms with van der Waals surface area (Å²) in [7, 11) is 0. The van der Waals surface area contributed by atoms with E-state index in [9.17, 15) is 14.4 Å². The third-order valence-corrected chi connectivity index (χ3v) is 1.63. The molecule has 0 fully saturated rings. The number of aromatic amines is 1. The second-order valence-electron chi connectivity index (χ2n) is 2.75. The number of aromatic carboxylic acids is 1. The highest BCUT2D eigenvalue weighted by Gasteiger charge is 2.15. The lowest BCUT2D eigenvalue weighted by molar-refractivity contribution is 0.0688. The van der Waals surface area contributed by atoms with E-state index >= 15 is 0 Å². The maximum Gasteiger partial charge on any atom is 0.360 e. The molecule has 0 atom stereocenters. The van der Waals surface area contributed by atoms with Crippen molar-refractivity contribution in [3.05, 3.63) is 27.4 Å². The van der Waals surface area contributed by atoms with Crippen molar-refractivity contribution in [2.75, 3.05) is 0 Å². The van der Waals surface area contributed by atoms with E-state index in [1.54, 1.807) is 0 Å². The number of hydrogen-bond acceptors (Lipinski definition) is 4. The monoisotopic (exact) mass is 196 g/mol. The normalized spacial score (nSPS) is 9.86. The Balaban J connectivity index is 3.50. The van der Waals surface area contributed by atoms with Crippen LogP contribution in [0, 0.1) is 6.92 Å². The van der Waals surface area contributed by atoms with Gasteiger partial charge in [-0.05, 0) is 6.92 Å². The third-order valence-electron chi connectivity index (χ3n) is 1.63. The van der Waals surface area contributed by atoms with E-state index in [4.69, 9.17) is 5.11 Å². The Morgan fingerprint density at radius 1 is 1.36 bits per heavy atom. The summed E-state index contributed by atoms with van der Waals surface area (Å²) in [5, 5.41) is 8.57. The van der Waals surface area contributed by atoms with Crippen LogP contribution in [0.15, 0.2) is 4.79 Å². The second-order valence-corrected chi connectivity index (χ2v) is 2.75. The second kappa shape index (κ2) is 3.41. The summed E-state index contributed by atoms with van der Waals surface area (Å²) in [5.74, 6) is -1.84. The molecule has 0 bridgehead atoms. The maximum absolute atomic E-state index is 11.0. The van der Waals surface area contributed by atoms with Crippen LogP contribution in [-0.4, -0.2) is 26.8 Å². The van der Waals surface area contributed by atoms with Gasteiger partial charge in [0, 0.05) is 12.6 Å². The van der Waals surface area contributed by atoms with Crippen molar-refractivity contribution >= 4 is 11.8 Å². The molecule has 0 saturated heterocycles. The molecule has 74 valence electrons. The molecule has 0 amide bonds. The number of ketones is 1. The summed E-state index contributed by atoms with van der Waals surface area (Å²) in [4.78, 5) is 38.3. The number of nitrogens with zero attached hydrogens (tertiary/aromatic N) is 1. The van der Waals surface area contributed by atoms with Gasteiger partial charge in [-0.3, -0.25) is 9.59 Å². The summed E-state index contributed by atoms with van der Waals surface area (Å²) in [5.41, 5.74) is -1.23. The van der Waals surface area contributed by atoms with Crippen molar-refractivity contribution in [1.29, 1.82) is 0 Å². The zero-order valence-electron chi connectivity index (χ0n) is 7.62. The number of carbonyl (C=O) groups is 2. The van der Waals surface area contributed by atoms with Crippen molar-refractivity contribution < 1.29 is 14.7 Å². The number of carboxylic acid groups (broad SMARTS) is 1. The first-order chi connectivity index (χ1) is 6.43. The van der Waals surface area contributed by atoms with Crippen LogP contribution >= 0.6 is 0 Å². The van der Waals surface area contributed by atoms with Crippen molar-refractivity contribution in [1.82, 2.24) is 9.97 Å². The molecule has 6 nitrogen and oxygen atoms in total. The molecule has 0 aliphatic heterocycles. The lowest BCUT2D eigenvalue weighted by atomic mass is 10.2. The zero-order valence-corrected chi connectivity index (χ0v) is 7.62. The fourth-order valence-corrected chi connectivity index (χ4v) is 1.02. The minimum Gasteiger partial charge on any atom is -0.476 e. The molecule has 1 aromatic heterocycles. The van der Waals surface area contributed by atoms with Gasteiger partial charge in [-0.1, -0.05) is 0 Å². The van der Waals surface area contributed by atoms with Gasteiger partial charge >= 0.3 is 5.97 Å². The first-order valence-electron chi connectivity index (χ1n) is 3.78. The molecule has 6 heteroatoms. The van der Waals surface area contributed by atoms with Gasteiger partial charge < -0.3 is 10.1 Å². The van der Waals surface area contributed by atoms with Gasteiger partial charge in [0.1, 0.15) is 5.69 Å². The van der Waals surface area contributed by atoms with Gasteiger partial charge in [0.05, 0.1) is 0 Å². The number of aromatic nitrogens is 2. The zero-order chi connectivity index (χ0) is 10.9. The lowest BCUT2D eigenvalue weighted by Gasteiger charge is -2.01. The Hall–Kier alpha value is -1.98. The SMILES string of the molecule is CC(=O)c1nc(C(=O)O)c(=O)[nH]c1C. The molecule has 0 saturated carbocycles. The Bertz CT molecular complexity index is 461. The van der Waals surface area contributed by atoms with Crippen LogP contribution in [0.2, 0.25) is 0 Å². The molecule has 0 aliphatic carbocycles. The Morgan fingerprint density at radius 3 is 2.36 bits per heavy atom. The minimum atomic E-state index is -1.45. The van der Waals surface area contributed by atoms with Gasteiger partial charge in [0.25, 0.3) is 5.56 Å². The van der Waals surface area contributed by atoms with Crippen LogP contribution in [0.3, 0.4) is 0 Å². The van der Waals surface area contributed by atoms with Crippen LogP contribution in [0.4, 0.5) is 0 Å². The van der Waals surface area contributed by atoms with Crippen LogP contribution in [0.5, 0.6) is 0 Å². The van der Waals surface area contributed by atoms with E-state index in [2.05, 4.69) is 9.97 Å². The van der Waals surface area contributed by atoms with Crippen molar-refractivity contribution in [3.63, 3.8) is 0 Å². The number of H-pyrrole nitrogens is 1. The smallest absolute Gasteiger partial charge is 0.360 e. The van der Waals surface area contributed by atoms with Gasteiger partial charge in [-0.15, -0.1) is 0 Å². The lowest BCUT2D eigenvalue weighted by Crippen LogP contribution is -2.23. The fourth-order valence-electron chi connectivity index (χ4n) is 1.02. The largest absolute Gasteiger partial charge is 0.476 e. The fraction of sp³-hybridized carbons (Fsp3) is 0.250. The molecule has 14 heavy (non-hydrogen) atoms. The van der Waals surface area contributed by atoms with Crippen molar-refractivity contribution in [3.8, 4) is 0 Å². The van der Waals surface area contributed by atoms with Crippen molar-refractivity contribution in [2.45, 2.75) is 13.8 Å². The number of rotatable bonds is 2. The van der Waals surface area contributed by atoms with E-state index in [1.165, 1.54) is 13.8 Å². The predicted octanol–water partition coefficient (Wildman–Crippen LogP) is -0.0209. The maximum atomic E-state index is 11.0. The number of Topliss-reactive ketones (excluding diaryl/α,β-unsaturated/α-hetero) is 1. The van der Waals surface area contributed by atoms with Gasteiger partial charge in [-0.25, -0.2) is 9.78 Å². The molecule has 0 unspecified atom stereocenters. The average Bonchev–Trinajstić information content (AvgIpc) is 2.02. The number of carboxylic acids is 1. The molecule has 0 spiro atoms. The molecule has 0 radical (unpaired) electrons. The summed E-state index contributed by atoms with van der Waals surface area (Å²) >= 11 is 0. The number of carbonyl (C=O) groups excluding carboxylic acids is 1. The Kier molecular flexibility index (Phi) is 2.46. The van der Waals surface area contributed by atoms with Crippen molar-refractivity contribution in [2.24, 2.45) is 0 Å². The molecular weight excluding hydrogens is 188 g/mol. The molecule has 0 aromatic carbocycles. The predicted molar refractivity (Wildman–Crippen MR) is 46.6 cm³/mol. The standard InChI is InChI=1S/C8H8N2O4/c1-3-5(4(2)11)10-6(8(13)14)7(12)9-3/h1-2H3,(H,9,12)(H,13,14). The molecular formula is C8H8N2O4. The van der Waals surface area contributed by atoms with E-state index in [0.29, 0.717) is 0 Å². The summed E-state index contributed by atoms with van der Waals surface area (Å²) < 4.78 is 0.